The third-order valence-electron chi connectivity index (χ3n) is 3.55. The molecular formula is C14H22O7. The van der Waals surface area contributed by atoms with E-state index in [1.807, 2.05) is 13.8 Å². The molecule has 0 aliphatic carbocycles. The van der Waals surface area contributed by atoms with Gasteiger partial charge in [0.25, 0.3) is 0 Å². The molecule has 0 aromatic rings. The molecule has 0 bridgehead atoms. The van der Waals surface area contributed by atoms with E-state index in [2.05, 4.69) is 0 Å². The third-order valence-corrected chi connectivity index (χ3v) is 3.55. The van der Waals surface area contributed by atoms with Crippen molar-refractivity contribution in [2.45, 2.75) is 53.1 Å². The van der Waals surface area contributed by atoms with Gasteiger partial charge in [-0.15, -0.1) is 0 Å². The van der Waals surface area contributed by atoms with E-state index in [0.29, 0.717) is 0 Å². The molecule has 0 radical (unpaired) electrons. The van der Waals surface area contributed by atoms with Crippen molar-refractivity contribution in [1.29, 1.82) is 0 Å². The summed E-state index contributed by atoms with van der Waals surface area (Å²) in [6.45, 7) is 7.68. The van der Waals surface area contributed by atoms with Crippen LogP contribution >= 0.6 is 0 Å². The van der Waals surface area contributed by atoms with Crippen molar-refractivity contribution in [1.82, 2.24) is 0 Å². The van der Waals surface area contributed by atoms with E-state index in [-0.39, 0.29) is 18.4 Å². The van der Waals surface area contributed by atoms with Crippen LogP contribution in [0.15, 0.2) is 0 Å². The van der Waals surface area contributed by atoms with Crippen LogP contribution in [0.25, 0.3) is 0 Å². The number of hydrogen-bond donors (Lipinski definition) is 0. The average Bonchev–Trinajstić information content (AvgIpc) is 2.35. The number of rotatable bonds is 4. The average molecular weight is 302 g/mol. The first-order valence-electron chi connectivity index (χ1n) is 6.85. The predicted octanol–water partition coefficient (Wildman–Crippen LogP) is 1.04. The van der Waals surface area contributed by atoms with Crippen molar-refractivity contribution < 1.29 is 33.3 Å². The van der Waals surface area contributed by atoms with Crippen molar-refractivity contribution in [3.63, 3.8) is 0 Å². The van der Waals surface area contributed by atoms with Crippen molar-refractivity contribution >= 4 is 17.9 Å². The minimum absolute atomic E-state index is 0.0412. The van der Waals surface area contributed by atoms with Gasteiger partial charge in [-0.2, -0.15) is 0 Å². The Balaban J connectivity index is 2.84. The molecule has 0 saturated carbocycles. The van der Waals surface area contributed by atoms with E-state index in [9.17, 15) is 14.4 Å². The summed E-state index contributed by atoms with van der Waals surface area (Å²) < 4.78 is 20.9. The molecule has 0 spiro atoms. The van der Waals surface area contributed by atoms with E-state index in [4.69, 9.17) is 18.9 Å². The van der Waals surface area contributed by atoms with Crippen LogP contribution in [0.1, 0.15) is 34.6 Å². The summed E-state index contributed by atoms with van der Waals surface area (Å²) in [5, 5.41) is 0. The Kier molecular flexibility index (Phi) is 6.14. The Labute approximate surface area is 123 Å². The molecule has 0 N–H and O–H groups in total. The van der Waals surface area contributed by atoms with Gasteiger partial charge < -0.3 is 18.9 Å². The fourth-order valence-electron chi connectivity index (χ4n) is 2.26. The second kappa shape index (κ2) is 7.40. The summed E-state index contributed by atoms with van der Waals surface area (Å²) in [5.41, 5.74) is 0. The lowest BCUT2D eigenvalue weighted by Crippen LogP contribution is -2.53. The first kappa shape index (κ1) is 17.4. The summed E-state index contributed by atoms with van der Waals surface area (Å²) in [4.78, 5) is 33.3. The molecule has 1 heterocycles. The van der Waals surface area contributed by atoms with Gasteiger partial charge in [-0.25, -0.2) is 0 Å². The summed E-state index contributed by atoms with van der Waals surface area (Å²) in [6, 6.07) is 0. The molecular weight excluding hydrogens is 280 g/mol. The van der Waals surface area contributed by atoms with Crippen LogP contribution in [0.5, 0.6) is 0 Å². The quantitative estimate of drug-likeness (QED) is 0.566. The van der Waals surface area contributed by atoms with E-state index in [0.717, 1.165) is 0 Å². The van der Waals surface area contributed by atoms with Crippen molar-refractivity contribution in [2.24, 2.45) is 11.8 Å². The maximum absolute atomic E-state index is 11.2. The standard InChI is InChI=1S/C14H22O7/c1-7-8(2)13(19-10(4)16)14(20-11(5)17)21-12(7)6-18-9(3)15/h7-8,12-14H,6H2,1-5H3/t7-,8+,12-,13-,14+/m1/s1. The van der Waals surface area contributed by atoms with Crippen molar-refractivity contribution in [2.75, 3.05) is 6.61 Å². The highest BCUT2D eigenvalue weighted by molar-refractivity contribution is 5.67. The lowest BCUT2D eigenvalue weighted by atomic mass is 9.83. The van der Waals surface area contributed by atoms with E-state index >= 15 is 0 Å². The van der Waals surface area contributed by atoms with Crippen LogP contribution in [0.3, 0.4) is 0 Å². The number of carbonyl (C=O) groups is 3. The number of ether oxygens (including phenoxy) is 4. The number of esters is 3. The van der Waals surface area contributed by atoms with Gasteiger partial charge in [0.2, 0.25) is 6.29 Å². The highest BCUT2D eigenvalue weighted by Gasteiger charge is 2.45. The fraction of sp³-hybridized carbons (Fsp3) is 0.786. The molecule has 7 heteroatoms. The zero-order valence-corrected chi connectivity index (χ0v) is 13.0. The monoisotopic (exact) mass is 302 g/mol. The molecule has 0 aromatic heterocycles. The van der Waals surface area contributed by atoms with E-state index in [1.165, 1.54) is 20.8 Å². The fourth-order valence-corrected chi connectivity index (χ4v) is 2.26. The molecule has 1 aliphatic rings. The molecule has 21 heavy (non-hydrogen) atoms. The van der Waals surface area contributed by atoms with Gasteiger partial charge in [0.05, 0.1) is 6.10 Å². The van der Waals surface area contributed by atoms with Gasteiger partial charge in [0.15, 0.2) is 6.10 Å². The Hall–Kier alpha value is -1.63. The molecule has 1 saturated heterocycles. The smallest absolute Gasteiger partial charge is 0.305 e. The molecule has 120 valence electrons. The van der Waals surface area contributed by atoms with Gasteiger partial charge in [-0.05, 0) is 5.92 Å². The molecule has 0 aromatic carbocycles. The van der Waals surface area contributed by atoms with Gasteiger partial charge in [0, 0.05) is 26.7 Å². The van der Waals surface area contributed by atoms with Gasteiger partial charge in [0.1, 0.15) is 6.61 Å². The largest absolute Gasteiger partial charge is 0.463 e. The minimum atomic E-state index is -1.00. The summed E-state index contributed by atoms with van der Waals surface area (Å²) in [6.07, 6.45) is -2.12. The molecule has 1 fully saturated rings. The first-order chi connectivity index (χ1) is 9.72. The number of carbonyl (C=O) groups excluding carboxylic acids is 3. The Morgan fingerprint density at radius 1 is 0.905 bits per heavy atom. The van der Waals surface area contributed by atoms with E-state index < -0.39 is 36.4 Å². The van der Waals surface area contributed by atoms with Crippen LogP contribution in [0.4, 0.5) is 0 Å². The van der Waals surface area contributed by atoms with Crippen LogP contribution in [-0.4, -0.2) is 43.0 Å². The van der Waals surface area contributed by atoms with Gasteiger partial charge in [-0.3, -0.25) is 14.4 Å². The van der Waals surface area contributed by atoms with E-state index in [1.54, 1.807) is 0 Å². The molecule has 0 amide bonds. The third kappa shape index (κ3) is 5.00. The second-order valence-electron chi connectivity index (χ2n) is 5.25. The molecule has 1 aliphatic heterocycles. The normalized spacial score (nSPS) is 32.1. The van der Waals surface area contributed by atoms with Crippen molar-refractivity contribution in [3.05, 3.63) is 0 Å². The van der Waals surface area contributed by atoms with Crippen LogP contribution in [0, 0.1) is 11.8 Å². The van der Waals surface area contributed by atoms with Crippen LogP contribution in [0.2, 0.25) is 0 Å². The number of hydrogen-bond acceptors (Lipinski definition) is 7. The highest BCUT2D eigenvalue weighted by atomic mass is 16.7. The Bertz CT molecular complexity index is 404. The zero-order chi connectivity index (χ0) is 16.2. The lowest BCUT2D eigenvalue weighted by Gasteiger charge is -2.42. The molecule has 5 atom stereocenters. The summed E-state index contributed by atoms with van der Waals surface area (Å²) >= 11 is 0. The Morgan fingerprint density at radius 3 is 1.95 bits per heavy atom. The molecule has 7 nitrogen and oxygen atoms in total. The Morgan fingerprint density at radius 2 is 1.48 bits per heavy atom. The van der Waals surface area contributed by atoms with Crippen LogP contribution in [-0.2, 0) is 33.3 Å². The molecule has 1 rings (SSSR count). The molecule has 0 unspecified atom stereocenters. The maximum atomic E-state index is 11.2. The van der Waals surface area contributed by atoms with Crippen LogP contribution < -0.4 is 0 Å². The summed E-state index contributed by atoms with van der Waals surface area (Å²) in [7, 11) is 0. The second-order valence-corrected chi connectivity index (χ2v) is 5.25. The maximum Gasteiger partial charge on any atom is 0.305 e. The summed E-state index contributed by atoms with van der Waals surface area (Å²) in [5.74, 6) is -1.58. The first-order valence-corrected chi connectivity index (χ1v) is 6.85. The van der Waals surface area contributed by atoms with Gasteiger partial charge >= 0.3 is 17.9 Å². The van der Waals surface area contributed by atoms with Crippen molar-refractivity contribution in [3.8, 4) is 0 Å². The lowest BCUT2D eigenvalue weighted by molar-refractivity contribution is -0.271. The van der Waals surface area contributed by atoms with Gasteiger partial charge in [-0.1, -0.05) is 13.8 Å². The minimum Gasteiger partial charge on any atom is -0.463 e. The SMILES string of the molecule is CC(=O)OC[C@H]1O[C@H](OC(C)=O)[C@H](OC(C)=O)[C@@H](C)[C@H]1C. The predicted molar refractivity (Wildman–Crippen MR) is 70.9 cm³/mol. The topological polar surface area (TPSA) is 88.1 Å². The highest BCUT2D eigenvalue weighted by Crippen LogP contribution is 2.33. The zero-order valence-electron chi connectivity index (χ0n) is 13.0.